The first-order valence-corrected chi connectivity index (χ1v) is 8.50. The normalized spacial score (nSPS) is 25.1. The number of likely N-dealkylation sites (tertiary alicyclic amines) is 1. The Kier molecular flexibility index (Phi) is 4.42. The fourth-order valence-corrected chi connectivity index (χ4v) is 3.85. The summed E-state index contributed by atoms with van der Waals surface area (Å²) in [6, 6.07) is 5.72. The standard InChI is InChI=1S/C16H24N4S/c1-12-11-13(6-8-19(12)2)18-15(14-5-4-10-21-14)16-17-7-9-20(16)3/h4-5,7,9-10,12-13,15,18H,6,8,11H2,1-3H3. The van der Waals surface area contributed by atoms with Crippen molar-refractivity contribution in [1.29, 1.82) is 0 Å². The van der Waals surface area contributed by atoms with E-state index in [9.17, 15) is 0 Å². The molecular formula is C16H24N4S. The summed E-state index contributed by atoms with van der Waals surface area (Å²) < 4.78 is 2.12. The molecule has 2 aromatic rings. The van der Waals surface area contributed by atoms with Gasteiger partial charge < -0.3 is 14.8 Å². The summed E-state index contributed by atoms with van der Waals surface area (Å²) in [6.07, 6.45) is 6.31. The van der Waals surface area contributed by atoms with Crippen LogP contribution in [0.4, 0.5) is 0 Å². The maximum atomic E-state index is 4.57. The Morgan fingerprint density at radius 1 is 1.43 bits per heavy atom. The van der Waals surface area contributed by atoms with Crippen molar-refractivity contribution in [3.05, 3.63) is 40.6 Å². The van der Waals surface area contributed by atoms with Crippen LogP contribution in [0.5, 0.6) is 0 Å². The van der Waals surface area contributed by atoms with Crippen molar-refractivity contribution in [2.45, 2.75) is 37.9 Å². The van der Waals surface area contributed by atoms with Crippen LogP contribution in [0.2, 0.25) is 0 Å². The number of imidazole rings is 1. The van der Waals surface area contributed by atoms with Crippen LogP contribution in [0.3, 0.4) is 0 Å². The molecular weight excluding hydrogens is 280 g/mol. The largest absolute Gasteiger partial charge is 0.336 e. The van der Waals surface area contributed by atoms with E-state index < -0.39 is 0 Å². The highest BCUT2D eigenvalue weighted by molar-refractivity contribution is 7.10. The molecule has 2 aromatic heterocycles. The van der Waals surface area contributed by atoms with Crippen LogP contribution in [0.25, 0.3) is 0 Å². The highest BCUT2D eigenvalue weighted by atomic mass is 32.1. The van der Waals surface area contributed by atoms with E-state index in [4.69, 9.17) is 0 Å². The molecule has 1 aliphatic heterocycles. The molecule has 0 radical (unpaired) electrons. The molecule has 0 aliphatic carbocycles. The van der Waals surface area contributed by atoms with E-state index in [1.54, 1.807) is 11.3 Å². The monoisotopic (exact) mass is 304 g/mol. The van der Waals surface area contributed by atoms with Gasteiger partial charge in [-0.05, 0) is 44.8 Å². The molecule has 5 heteroatoms. The van der Waals surface area contributed by atoms with E-state index in [1.165, 1.54) is 17.7 Å². The van der Waals surface area contributed by atoms with Crippen LogP contribution in [0.15, 0.2) is 29.9 Å². The van der Waals surface area contributed by atoms with Gasteiger partial charge in [0, 0.05) is 36.4 Å². The summed E-state index contributed by atoms with van der Waals surface area (Å²) in [5.74, 6) is 1.10. The number of aryl methyl sites for hydroxylation is 1. The van der Waals surface area contributed by atoms with Crippen LogP contribution in [-0.4, -0.2) is 40.1 Å². The average molecular weight is 304 g/mol. The molecule has 3 heterocycles. The zero-order chi connectivity index (χ0) is 14.8. The third kappa shape index (κ3) is 3.20. The minimum absolute atomic E-state index is 0.200. The predicted molar refractivity (Wildman–Crippen MR) is 87.6 cm³/mol. The molecule has 0 saturated carbocycles. The van der Waals surface area contributed by atoms with Gasteiger partial charge in [-0.1, -0.05) is 6.07 Å². The maximum absolute atomic E-state index is 4.57. The van der Waals surface area contributed by atoms with Gasteiger partial charge in [-0.25, -0.2) is 4.98 Å². The summed E-state index contributed by atoms with van der Waals surface area (Å²) in [5, 5.41) is 6.00. The Morgan fingerprint density at radius 2 is 2.29 bits per heavy atom. The van der Waals surface area contributed by atoms with Gasteiger partial charge in [-0.2, -0.15) is 0 Å². The van der Waals surface area contributed by atoms with Gasteiger partial charge in [0.1, 0.15) is 11.9 Å². The molecule has 0 amide bonds. The van der Waals surface area contributed by atoms with Crippen LogP contribution < -0.4 is 5.32 Å². The molecule has 3 atom stereocenters. The van der Waals surface area contributed by atoms with E-state index in [0.717, 1.165) is 12.4 Å². The van der Waals surface area contributed by atoms with Crippen molar-refractivity contribution in [3.8, 4) is 0 Å². The van der Waals surface area contributed by atoms with Crippen LogP contribution >= 0.6 is 11.3 Å². The third-order valence-electron chi connectivity index (χ3n) is 4.56. The summed E-state index contributed by atoms with van der Waals surface area (Å²) in [7, 11) is 4.29. The first-order chi connectivity index (χ1) is 10.1. The summed E-state index contributed by atoms with van der Waals surface area (Å²) >= 11 is 1.80. The smallest absolute Gasteiger partial charge is 0.131 e. The topological polar surface area (TPSA) is 33.1 Å². The molecule has 4 nitrogen and oxygen atoms in total. The lowest BCUT2D eigenvalue weighted by Gasteiger charge is -2.37. The van der Waals surface area contributed by atoms with Crippen LogP contribution in [-0.2, 0) is 7.05 Å². The molecule has 1 fully saturated rings. The number of aromatic nitrogens is 2. The van der Waals surface area contributed by atoms with Crippen molar-refractivity contribution in [2.24, 2.45) is 7.05 Å². The fraction of sp³-hybridized carbons (Fsp3) is 0.562. The van der Waals surface area contributed by atoms with Gasteiger partial charge in [0.05, 0.1) is 0 Å². The van der Waals surface area contributed by atoms with Crippen molar-refractivity contribution in [3.63, 3.8) is 0 Å². The van der Waals surface area contributed by atoms with E-state index in [1.807, 2.05) is 12.4 Å². The Bertz CT molecular complexity index is 563. The molecule has 1 N–H and O–H groups in total. The highest BCUT2D eigenvalue weighted by Gasteiger charge is 2.27. The first kappa shape index (κ1) is 14.8. The molecule has 0 bridgehead atoms. The number of thiophene rings is 1. The number of nitrogens with one attached hydrogen (secondary N) is 1. The second-order valence-electron chi connectivity index (χ2n) is 6.06. The van der Waals surface area contributed by atoms with Crippen molar-refractivity contribution in [1.82, 2.24) is 19.8 Å². The SMILES string of the molecule is CC1CC(NC(c2cccs2)c2nccn2C)CCN1C. The Hall–Kier alpha value is -1.17. The minimum Gasteiger partial charge on any atom is -0.336 e. The second-order valence-corrected chi connectivity index (χ2v) is 7.04. The van der Waals surface area contributed by atoms with Crippen molar-refractivity contribution >= 4 is 11.3 Å². The van der Waals surface area contributed by atoms with Crippen LogP contribution in [0.1, 0.15) is 36.5 Å². The third-order valence-corrected chi connectivity index (χ3v) is 5.49. The maximum Gasteiger partial charge on any atom is 0.131 e. The van der Waals surface area contributed by atoms with Gasteiger partial charge >= 0.3 is 0 Å². The Balaban J connectivity index is 1.79. The van der Waals surface area contributed by atoms with Gasteiger partial charge in [0.25, 0.3) is 0 Å². The summed E-state index contributed by atoms with van der Waals surface area (Å²) in [5.41, 5.74) is 0. The average Bonchev–Trinajstić information content (AvgIpc) is 3.12. The molecule has 3 unspecified atom stereocenters. The van der Waals surface area contributed by atoms with Gasteiger partial charge in [-0.15, -0.1) is 11.3 Å². The number of rotatable bonds is 4. The highest BCUT2D eigenvalue weighted by Crippen LogP contribution is 2.27. The Labute approximate surface area is 130 Å². The lowest BCUT2D eigenvalue weighted by atomic mass is 9.98. The molecule has 21 heavy (non-hydrogen) atoms. The van der Waals surface area contributed by atoms with Crippen molar-refractivity contribution < 1.29 is 0 Å². The van der Waals surface area contributed by atoms with Gasteiger partial charge in [-0.3, -0.25) is 0 Å². The molecule has 3 rings (SSSR count). The number of hydrogen-bond acceptors (Lipinski definition) is 4. The molecule has 1 saturated heterocycles. The van der Waals surface area contributed by atoms with Crippen LogP contribution in [0, 0.1) is 0 Å². The lowest BCUT2D eigenvalue weighted by Crippen LogP contribution is -2.46. The summed E-state index contributed by atoms with van der Waals surface area (Å²) in [6.45, 7) is 3.48. The first-order valence-electron chi connectivity index (χ1n) is 7.62. The predicted octanol–water partition coefficient (Wildman–Crippen LogP) is 2.64. The van der Waals surface area contributed by atoms with Gasteiger partial charge in [0.2, 0.25) is 0 Å². The van der Waals surface area contributed by atoms with Crippen molar-refractivity contribution in [2.75, 3.05) is 13.6 Å². The molecule has 1 aliphatic rings. The van der Waals surface area contributed by atoms with E-state index in [-0.39, 0.29) is 6.04 Å². The number of nitrogens with zero attached hydrogens (tertiary/aromatic N) is 3. The fourth-order valence-electron chi connectivity index (χ4n) is 3.07. The van der Waals surface area contributed by atoms with E-state index >= 15 is 0 Å². The zero-order valence-corrected chi connectivity index (χ0v) is 13.8. The molecule has 0 spiro atoms. The lowest BCUT2D eigenvalue weighted by molar-refractivity contribution is 0.164. The van der Waals surface area contributed by atoms with E-state index in [2.05, 4.69) is 58.3 Å². The zero-order valence-electron chi connectivity index (χ0n) is 13.0. The second kappa shape index (κ2) is 6.30. The number of hydrogen-bond donors (Lipinski definition) is 1. The van der Waals surface area contributed by atoms with Gasteiger partial charge in [0.15, 0.2) is 0 Å². The minimum atomic E-state index is 0.200. The number of piperidine rings is 1. The molecule has 0 aromatic carbocycles. The molecule has 114 valence electrons. The quantitative estimate of drug-likeness (QED) is 0.942. The Morgan fingerprint density at radius 3 is 2.90 bits per heavy atom. The van der Waals surface area contributed by atoms with E-state index in [0.29, 0.717) is 12.1 Å². The summed E-state index contributed by atoms with van der Waals surface area (Å²) in [4.78, 5) is 8.36.